The average molecular weight is 419 g/mol. The molecule has 0 radical (unpaired) electrons. The van der Waals surface area contributed by atoms with E-state index in [4.69, 9.17) is 4.52 Å². The molecule has 146 valence electrons. The molecule has 3 aromatic rings. The number of pyridine rings is 1. The van der Waals surface area contributed by atoms with Gasteiger partial charge in [-0.15, -0.1) is 11.3 Å². The number of nitrogens with zero attached hydrogens (tertiary/aromatic N) is 4. The van der Waals surface area contributed by atoms with E-state index in [0.717, 1.165) is 29.7 Å². The zero-order valence-electron chi connectivity index (χ0n) is 15.0. The molecule has 9 nitrogen and oxygen atoms in total. The maximum absolute atomic E-state index is 12.6. The number of aromatic nitrogens is 3. The Balaban J connectivity index is 1.53. The predicted octanol–water partition coefficient (Wildman–Crippen LogP) is 2.54. The zero-order valence-corrected chi connectivity index (χ0v) is 16.6. The van der Waals surface area contributed by atoms with Gasteiger partial charge < -0.3 is 9.42 Å². The van der Waals surface area contributed by atoms with Crippen molar-refractivity contribution in [1.82, 2.24) is 20.0 Å². The maximum Gasteiger partial charge on any atom is 0.316 e. The summed E-state index contributed by atoms with van der Waals surface area (Å²) in [6.45, 7) is 3.20. The standard InChI is InChI=1S/C17H17N5O4S2/c1-11-4-5-18-13(8-11)21-28(24,25)14-9-12(10-27-14)15-19-16(26-20-15)17(23)22-6-2-3-7-22/h4-5,8-10H,2-3,6-7H2,1H3,(H,18,21). The summed E-state index contributed by atoms with van der Waals surface area (Å²) < 4.78 is 32.8. The molecule has 1 saturated heterocycles. The van der Waals surface area contributed by atoms with Crippen LogP contribution in [-0.2, 0) is 10.0 Å². The second-order valence-electron chi connectivity index (χ2n) is 6.40. The monoisotopic (exact) mass is 419 g/mol. The number of rotatable bonds is 5. The van der Waals surface area contributed by atoms with Crippen LogP contribution in [0.25, 0.3) is 11.4 Å². The Labute approximate surface area is 165 Å². The summed E-state index contributed by atoms with van der Waals surface area (Å²) in [7, 11) is -3.80. The van der Waals surface area contributed by atoms with E-state index in [0.29, 0.717) is 18.7 Å². The van der Waals surface area contributed by atoms with Gasteiger partial charge in [0.05, 0.1) is 0 Å². The highest BCUT2D eigenvalue weighted by molar-refractivity contribution is 7.94. The molecule has 1 N–H and O–H groups in total. The van der Waals surface area contributed by atoms with Crippen LogP contribution in [0, 0.1) is 6.92 Å². The second-order valence-corrected chi connectivity index (χ2v) is 9.22. The minimum Gasteiger partial charge on any atom is -0.334 e. The first-order valence-corrected chi connectivity index (χ1v) is 11.0. The van der Waals surface area contributed by atoms with Crippen molar-refractivity contribution >= 4 is 33.1 Å². The molecule has 1 amide bonds. The molecule has 28 heavy (non-hydrogen) atoms. The summed E-state index contributed by atoms with van der Waals surface area (Å²) in [5, 5.41) is 5.42. The number of amides is 1. The fraction of sp³-hybridized carbons (Fsp3) is 0.294. The van der Waals surface area contributed by atoms with E-state index in [1.54, 1.807) is 22.4 Å². The van der Waals surface area contributed by atoms with Gasteiger partial charge in [0, 0.05) is 30.2 Å². The van der Waals surface area contributed by atoms with Crippen LogP contribution in [0.2, 0.25) is 0 Å². The summed E-state index contributed by atoms with van der Waals surface area (Å²) in [5.41, 5.74) is 1.35. The molecule has 0 saturated carbocycles. The second kappa shape index (κ2) is 7.32. The van der Waals surface area contributed by atoms with Crippen LogP contribution in [0.5, 0.6) is 0 Å². The molecule has 1 aliphatic rings. The molecule has 3 aromatic heterocycles. The molecule has 0 bridgehead atoms. The maximum atomic E-state index is 12.6. The first-order chi connectivity index (χ1) is 13.4. The predicted molar refractivity (Wildman–Crippen MR) is 103 cm³/mol. The summed E-state index contributed by atoms with van der Waals surface area (Å²) in [4.78, 5) is 22.1. The van der Waals surface area contributed by atoms with Gasteiger partial charge in [-0.2, -0.15) is 4.98 Å². The third-order valence-corrected chi connectivity index (χ3v) is 7.05. The molecular weight excluding hydrogens is 402 g/mol. The molecule has 11 heteroatoms. The zero-order chi connectivity index (χ0) is 19.7. The lowest BCUT2D eigenvalue weighted by atomic mass is 10.3. The number of carbonyl (C=O) groups excluding carboxylic acids is 1. The molecule has 0 spiro atoms. The van der Waals surface area contributed by atoms with Crippen LogP contribution in [0.3, 0.4) is 0 Å². The highest BCUT2D eigenvalue weighted by Gasteiger charge is 2.26. The van der Waals surface area contributed by atoms with E-state index in [9.17, 15) is 13.2 Å². The largest absolute Gasteiger partial charge is 0.334 e. The fourth-order valence-electron chi connectivity index (χ4n) is 2.84. The van der Waals surface area contributed by atoms with Gasteiger partial charge in [0.25, 0.3) is 10.0 Å². The highest BCUT2D eigenvalue weighted by atomic mass is 32.2. The van der Waals surface area contributed by atoms with E-state index in [2.05, 4.69) is 19.8 Å². The molecule has 1 fully saturated rings. The van der Waals surface area contributed by atoms with Gasteiger partial charge >= 0.3 is 11.8 Å². The number of nitrogens with one attached hydrogen (secondary N) is 1. The smallest absolute Gasteiger partial charge is 0.316 e. The van der Waals surface area contributed by atoms with Gasteiger partial charge in [0.15, 0.2) is 0 Å². The van der Waals surface area contributed by atoms with E-state index in [1.807, 2.05) is 6.92 Å². The number of sulfonamides is 1. The third-order valence-electron chi connectivity index (χ3n) is 4.26. The Bertz CT molecular complexity index is 1120. The van der Waals surface area contributed by atoms with Crippen LogP contribution in [0.4, 0.5) is 5.82 Å². The molecule has 0 aliphatic carbocycles. The Kier molecular flexibility index (Phi) is 4.85. The van der Waals surface area contributed by atoms with Gasteiger partial charge in [-0.3, -0.25) is 9.52 Å². The fourth-order valence-corrected chi connectivity index (χ4v) is 5.00. The van der Waals surface area contributed by atoms with E-state index < -0.39 is 10.0 Å². The van der Waals surface area contributed by atoms with Gasteiger partial charge in [-0.1, -0.05) is 5.16 Å². The van der Waals surface area contributed by atoms with Gasteiger partial charge in [-0.05, 0) is 43.5 Å². The lowest BCUT2D eigenvalue weighted by Crippen LogP contribution is -2.27. The molecule has 4 heterocycles. The van der Waals surface area contributed by atoms with Crippen molar-refractivity contribution in [3.63, 3.8) is 0 Å². The number of hydrogen-bond acceptors (Lipinski definition) is 8. The van der Waals surface area contributed by atoms with Crippen molar-refractivity contribution in [1.29, 1.82) is 0 Å². The van der Waals surface area contributed by atoms with Crippen molar-refractivity contribution < 1.29 is 17.7 Å². The van der Waals surface area contributed by atoms with Gasteiger partial charge in [-0.25, -0.2) is 13.4 Å². The molecule has 1 aliphatic heterocycles. The summed E-state index contributed by atoms with van der Waals surface area (Å²) in [5.74, 6) is 0.0306. The van der Waals surface area contributed by atoms with Crippen molar-refractivity contribution in [2.24, 2.45) is 0 Å². The van der Waals surface area contributed by atoms with Crippen LogP contribution in [0.15, 0.2) is 38.5 Å². The third kappa shape index (κ3) is 3.76. The minimum atomic E-state index is -3.80. The van der Waals surface area contributed by atoms with E-state index >= 15 is 0 Å². The Morgan fingerprint density at radius 1 is 1.29 bits per heavy atom. The molecular formula is C17H17N5O4S2. The summed E-state index contributed by atoms with van der Waals surface area (Å²) >= 11 is 1.02. The van der Waals surface area contributed by atoms with Crippen molar-refractivity contribution in [3.05, 3.63) is 41.2 Å². The SMILES string of the molecule is Cc1ccnc(NS(=O)(=O)c2cc(-c3noc(C(=O)N4CCCC4)n3)cs2)c1. The average Bonchev–Trinajstić information content (AvgIpc) is 3.41. The van der Waals surface area contributed by atoms with E-state index in [-0.39, 0.29) is 27.6 Å². The van der Waals surface area contributed by atoms with Gasteiger partial charge in [0.1, 0.15) is 10.0 Å². The highest BCUT2D eigenvalue weighted by Crippen LogP contribution is 2.28. The van der Waals surface area contributed by atoms with Gasteiger partial charge in [0.2, 0.25) is 5.82 Å². The molecule has 0 aromatic carbocycles. The van der Waals surface area contributed by atoms with Crippen LogP contribution in [-0.4, -0.2) is 47.4 Å². The van der Waals surface area contributed by atoms with Crippen molar-refractivity contribution in [2.75, 3.05) is 17.8 Å². The summed E-state index contributed by atoms with van der Waals surface area (Å²) in [6, 6.07) is 4.86. The van der Waals surface area contributed by atoms with Crippen molar-refractivity contribution in [2.45, 2.75) is 24.0 Å². The molecule has 0 unspecified atom stereocenters. The Hall–Kier alpha value is -2.79. The van der Waals surface area contributed by atoms with Crippen LogP contribution >= 0.6 is 11.3 Å². The topological polar surface area (TPSA) is 118 Å². The van der Waals surface area contributed by atoms with E-state index in [1.165, 1.54) is 12.3 Å². The Morgan fingerprint density at radius 3 is 2.82 bits per heavy atom. The number of carbonyl (C=O) groups is 1. The molecule has 0 atom stereocenters. The minimum absolute atomic E-state index is 0.0861. The number of hydrogen-bond donors (Lipinski definition) is 1. The van der Waals surface area contributed by atoms with Crippen molar-refractivity contribution in [3.8, 4) is 11.4 Å². The molecule has 4 rings (SSSR count). The first-order valence-electron chi connectivity index (χ1n) is 8.60. The number of aryl methyl sites for hydroxylation is 1. The Morgan fingerprint density at radius 2 is 2.07 bits per heavy atom. The number of anilines is 1. The first kappa shape index (κ1) is 18.6. The normalized spacial score (nSPS) is 14.4. The quantitative estimate of drug-likeness (QED) is 0.675. The number of thiophene rings is 1. The number of likely N-dealkylation sites (tertiary alicyclic amines) is 1. The van der Waals surface area contributed by atoms with Crippen LogP contribution < -0.4 is 4.72 Å². The van der Waals surface area contributed by atoms with Crippen LogP contribution in [0.1, 0.15) is 29.1 Å². The summed E-state index contributed by atoms with van der Waals surface area (Å²) in [6.07, 6.45) is 3.45. The lowest BCUT2D eigenvalue weighted by molar-refractivity contribution is 0.0743. The lowest BCUT2D eigenvalue weighted by Gasteiger charge is -2.10.